The largest absolute Gasteiger partial charge is 0.352 e. The second kappa shape index (κ2) is 8.22. The number of imidazole rings is 1. The van der Waals surface area contributed by atoms with Crippen LogP contribution in [0.2, 0.25) is 0 Å². The van der Waals surface area contributed by atoms with Gasteiger partial charge in [-0.25, -0.2) is 13.8 Å². The molecule has 0 radical (unpaired) electrons. The van der Waals surface area contributed by atoms with Crippen LogP contribution in [0.15, 0.2) is 79.1 Å². The van der Waals surface area contributed by atoms with Crippen molar-refractivity contribution in [2.24, 2.45) is 0 Å². The minimum atomic E-state index is -0.498. The summed E-state index contributed by atoms with van der Waals surface area (Å²) in [6.45, 7) is 0.274. The maximum absolute atomic E-state index is 14.6. The average molecular weight is 391 g/mol. The van der Waals surface area contributed by atoms with Gasteiger partial charge in [-0.2, -0.15) is 0 Å². The molecule has 1 unspecified atom stereocenters. The molecular formula is C23H19F2N3O. The lowest BCUT2D eigenvalue weighted by atomic mass is 9.92. The molecule has 146 valence electrons. The van der Waals surface area contributed by atoms with Crippen LogP contribution in [0.3, 0.4) is 0 Å². The lowest BCUT2D eigenvalue weighted by Crippen LogP contribution is -2.25. The highest BCUT2D eigenvalue weighted by Crippen LogP contribution is 2.30. The Labute approximate surface area is 166 Å². The molecule has 6 heteroatoms. The van der Waals surface area contributed by atoms with Gasteiger partial charge in [0.15, 0.2) is 0 Å². The topological polar surface area (TPSA) is 46.4 Å². The number of fused-ring (bicyclic) bond motifs is 1. The molecule has 1 amide bonds. The average Bonchev–Trinajstić information content (AvgIpc) is 3.16. The number of nitrogens with one attached hydrogen (secondary N) is 1. The molecule has 1 N–H and O–H groups in total. The monoisotopic (exact) mass is 391 g/mol. The lowest BCUT2D eigenvalue weighted by Gasteiger charge is -2.18. The quantitative estimate of drug-likeness (QED) is 0.528. The van der Waals surface area contributed by atoms with E-state index in [1.807, 2.05) is 28.8 Å². The van der Waals surface area contributed by atoms with Crippen molar-refractivity contribution < 1.29 is 13.6 Å². The van der Waals surface area contributed by atoms with Crippen molar-refractivity contribution in [1.29, 1.82) is 0 Å². The Bertz CT molecular complexity index is 1140. The van der Waals surface area contributed by atoms with Crippen LogP contribution in [0.5, 0.6) is 0 Å². The Morgan fingerprint density at radius 3 is 2.55 bits per heavy atom. The van der Waals surface area contributed by atoms with Gasteiger partial charge in [-0.3, -0.25) is 4.79 Å². The Balaban J connectivity index is 1.60. The van der Waals surface area contributed by atoms with Gasteiger partial charge in [0.05, 0.1) is 5.69 Å². The van der Waals surface area contributed by atoms with Gasteiger partial charge in [-0.1, -0.05) is 36.4 Å². The summed E-state index contributed by atoms with van der Waals surface area (Å²) in [5.74, 6) is -1.42. The van der Waals surface area contributed by atoms with E-state index in [4.69, 9.17) is 0 Å². The smallest absolute Gasteiger partial charge is 0.221 e. The third-order valence-electron chi connectivity index (χ3n) is 4.88. The van der Waals surface area contributed by atoms with E-state index in [2.05, 4.69) is 10.3 Å². The zero-order valence-electron chi connectivity index (χ0n) is 15.6. The fourth-order valence-corrected chi connectivity index (χ4v) is 3.40. The summed E-state index contributed by atoms with van der Waals surface area (Å²) in [5.41, 5.74) is 2.70. The number of carbonyl (C=O) groups excluding carboxylic acids is 1. The van der Waals surface area contributed by atoms with Gasteiger partial charge in [0.25, 0.3) is 0 Å². The standard InChI is InChI=1S/C23H19F2N3O/c24-17-10-8-16(9-11-17)14-27-23(29)13-19(18-5-1-2-6-20(18)25)21-15-26-22-7-3-4-12-28(21)22/h1-12,15,19H,13-14H2,(H,27,29). The van der Waals surface area contributed by atoms with Gasteiger partial charge in [0.1, 0.15) is 17.3 Å². The molecule has 4 rings (SSSR count). The van der Waals surface area contributed by atoms with Crippen molar-refractivity contribution in [3.63, 3.8) is 0 Å². The van der Waals surface area contributed by atoms with Crippen LogP contribution >= 0.6 is 0 Å². The third kappa shape index (κ3) is 4.16. The first-order valence-electron chi connectivity index (χ1n) is 9.29. The maximum atomic E-state index is 14.6. The molecule has 0 bridgehead atoms. The Morgan fingerprint density at radius 1 is 1.00 bits per heavy atom. The number of nitrogens with zero attached hydrogens (tertiary/aromatic N) is 2. The predicted octanol–water partition coefficient (Wildman–Crippen LogP) is 4.45. The van der Waals surface area contributed by atoms with Crippen LogP contribution in [0, 0.1) is 11.6 Å². The summed E-state index contributed by atoms with van der Waals surface area (Å²) in [5, 5.41) is 2.83. The molecule has 29 heavy (non-hydrogen) atoms. The van der Waals surface area contributed by atoms with E-state index < -0.39 is 5.92 Å². The summed E-state index contributed by atoms with van der Waals surface area (Å²) in [6, 6.07) is 18.0. The molecular weight excluding hydrogens is 372 g/mol. The summed E-state index contributed by atoms with van der Waals surface area (Å²) < 4.78 is 29.5. The normalized spacial score (nSPS) is 12.1. The van der Waals surface area contributed by atoms with Gasteiger partial charge >= 0.3 is 0 Å². The van der Waals surface area contributed by atoms with Crippen LogP contribution in [-0.4, -0.2) is 15.3 Å². The number of halogens is 2. The second-order valence-electron chi connectivity index (χ2n) is 6.79. The Hall–Kier alpha value is -3.54. The van der Waals surface area contributed by atoms with Crippen molar-refractivity contribution in [1.82, 2.24) is 14.7 Å². The molecule has 0 saturated carbocycles. The molecule has 4 aromatic rings. The van der Waals surface area contributed by atoms with Gasteiger partial charge in [0.2, 0.25) is 5.91 Å². The van der Waals surface area contributed by atoms with Crippen LogP contribution in [-0.2, 0) is 11.3 Å². The van der Waals surface area contributed by atoms with Gasteiger partial charge in [-0.15, -0.1) is 0 Å². The third-order valence-corrected chi connectivity index (χ3v) is 4.88. The summed E-state index contributed by atoms with van der Waals surface area (Å²) in [6.07, 6.45) is 3.59. The number of pyridine rings is 1. The number of hydrogen-bond donors (Lipinski definition) is 1. The van der Waals surface area contributed by atoms with Gasteiger partial charge in [-0.05, 0) is 41.5 Å². The second-order valence-corrected chi connectivity index (χ2v) is 6.79. The first kappa shape index (κ1) is 18.8. The molecule has 2 heterocycles. The van der Waals surface area contributed by atoms with Crippen molar-refractivity contribution in [3.05, 3.63) is 108 Å². The molecule has 0 fully saturated rings. The Kier molecular flexibility index (Phi) is 5.33. The molecule has 1 atom stereocenters. The minimum absolute atomic E-state index is 0.0603. The molecule has 4 nitrogen and oxygen atoms in total. The Morgan fingerprint density at radius 2 is 1.76 bits per heavy atom. The van der Waals surface area contributed by atoms with E-state index in [0.29, 0.717) is 5.56 Å². The number of rotatable bonds is 6. The predicted molar refractivity (Wildman–Crippen MR) is 106 cm³/mol. The van der Waals surface area contributed by atoms with E-state index in [0.717, 1.165) is 16.9 Å². The molecule has 0 aliphatic heterocycles. The summed E-state index contributed by atoms with van der Waals surface area (Å²) >= 11 is 0. The SMILES string of the molecule is O=C(CC(c1ccccc1F)c1cnc2ccccn12)NCc1ccc(F)cc1. The van der Waals surface area contributed by atoms with Crippen molar-refractivity contribution in [2.45, 2.75) is 18.9 Å². The van der Waals surface area contributed by atoms with Crippen molar-refractivity contribution in [3.8, 4) is 0 Å². The van der Waals surface area contributed by atoms with Gasteiger partial charge in [0, 0.05) is 31.3 Å². The lowest BCUT2D eigenvalue weighted by molar-refractivity contribution is -0.121. The van der Waals surface area contributed by atoms with Crippen molar-refractivity contribution in [2.75, 3.05) is 0 Å². The number of benzene rings is 2. The summed E-state index contributed by atoms with van der Waals surface area (Å²) in [4.78, 5) is 17.0. The number of aromatic nitrogens is 2. The van der Waals surface area contributed by atoms with E-state index in [1.54, 1.807) is 36.5 Å². The fraction of sp³-hybridized carbons (Fsp3) is 0.130. The van der Waals surface area contributed by atoms with Crippen LogP contribution in [0.4, 0.5) is 8.78 Å². The number of hydrogen-bond acceptors (Lipinski definition) is 2. The molecule has 0 aliphatic rings. The fourth-order valence-electron chi connectivity index (χ4n) is 3.40. The van der Waals surface area contributed by atoms with E-state index in [1.165, 1.54) is 18.2 Å². The highest BCUT2D eigenvalue weighted by atomic mass is 19.1. The van der Waals surface area contributed by atoms with Crippen molar-refractivity contribution >= 4 is 11.6 Å². The first-order chi connectivity index (χ1) is 14.1. The number of amides is 1. The zero-order chi connectivity index (χ0) is 20.2. The molecule has 2 aromatic carbocycles. The van der Waals surface area contributed by atoms with E-state index in [9.17, 15) is 13.6 Å². The van der Waals surface area contributed by atoms with E-state index in [-0.39, 0.29) is 30.5 Å². The first-order valence-corrected chi connectivity index (χ1v) is 9.29. The maximum Gasteiger partial charge on any atom is 0.221 e. The molecule has 0 spiro atoms. The molecule has 2 aromatic heterocycles. The molecule has 0 saturated heterocycles. The van der Waals surface area contributed by atoms with Gasteiger partial charge < -0.3 is 9.72 Å². The van der Waals surface area contributed by atoms with E-state index >= 15 is 0 Å². The number of carbonyl (C=O) groups is 1. The molecule has 0 aliphatic carbocycles. The zero-order valence-corrected chi connectivity index (χ0v) is 15.6. The minimum Gasteiger partial charge on any atom is -0.352 e. The highest BCUT2D eigenvalue weighted by Gasteiger charge is 2.24. The summed E-state index contributed by atoms with van der Waals surface area (Å²) in [7, 11) is 0. The van der Waals surface area contributed by atoms with Crippen LogP contribution in [0.1, 0.15) is 29.2 Å². The van der Waals surface area contributed by atoms with Crippen LogP contribution < -0.4 is 5.32 Å². The van der Waals surface area contributed by atoms with Crippen LogP contribution in [0.25, 0.3) is 5.65 Å². The highest BCUT2D eigenvalue weighted by molar-refractivity contribution is 5.77.